The van der Waals surface area contributed by atoms with Crippen LogP contribution in [0.4, 0.5) is 0 Å². The van der Waals surface area contributed by atoms with Gasteiger partial charge in [-0.3, -0.25) is 14.5 Å². The molecule has 0 N–H and O–H groups in total. The quantitative estimate of drug-likeness (QED) is 0.742. The van der Waals surface area contributed by atoms with Crippen LogP contribution in [0, 0.1) is 0 Å². The van der Waals surface area contributed by atoms with Crippen molar-refractivity contribution in [3.63, 3.8) is 0 Å². The Morgan fingerprint density at radius 3 is 2.92 bits per heavy atom. The van der Waals surface area contributed by atoms with E-state index in [9.17, 15) is 4.79 Å². The zero-order chi connectivity index (χ0) is 16.7. The molecule has 0 aliphatic heterocycles. The minimum atomic E-state index is -0.00204. The Morgan fingerprint density at radius 1 is 1.29 bits per heavy atom. The van der Waals surface area contributed by atoms with Crippen molar-refractivity contribution in [2.75, 3.05) is 7.05 Å². The lowest BCUT2D eigenvalue weighted by Crippen LogP contribution is -2.28. The number of benzene rings is 1. The Hall–Kier alpha value is -2.69. The topological polar surface area (TPSA) is 51.0 Å². The largest absolute Gasteiger partial charge is 0.336 e. The smallest absolute Gasteiger partial charge is 0.272 e. The number of aryl methyl sites for hydroxylation is 1. The summed E-state index contributed by atoms with van der Waals surface area (Å²) >= 11 is 0. The average Bonchev–Trinajstić information content (AvgIpc) is 3.37. The van der Waals surface area contributed by atoms with E-state index in [2.05, 4.69) is 10.1 Å². The molecule has 24 heavy (non-hydrogen) atoms. The van der Waals surface area contributed by atoms with Crippen molar-refractivity contribution in [1.82, 2.24) is 19.7 Å². The molecule has 1 aromatic carbocycles. The number of pyridine rings is 1. The summed E-state index contributed by atoms with van der Waals surface area (Å²) in [5, 5.41) is 5.58. The fraction of sp³-hybridized carbons (Fsp3) is 0.316. The van der Waals surface area contributed by atoms with Crippen LogP contribution in [0.3, 0.4) is 0 Å². The molecule has 5 nitrogen and oxygen atoms in total. The lowest BCUT2D eigenvalue weighted by molar-refractivity contribution is 0.0774. The molecule has 2 aromatic heterocycles. The second-order valence-electron chi connectivity index (χ2n) is 6.50. The predicted octanol–water partition coefficient (Wildman–Crippen LogP) is 3.12. The van der Waals surface area contributed by atoms with Gasteiger partial charge in [-0.1, -0.05) is 18.2 Å². The summed E-state index contributed by atoms with van der Waals surface area (Å²) < 4.78 is 1.71. The van der Waals surface area contributed by atoms with Gasteiger partial charge in [0.2, 0.25) is 0 Å². The van der Waals surface area contributed by atoms with Crippen LogP contribution in [-0.4, -0.2) is 32.6 Å². The lowest BCUT2D eigenvalue weighted by Gasteiger charge is -2.18. The van der Waals surface area contributed by atoms with Crippen LogP contribution in [0.25, 0.3) is 10.9 Å². The van der Waals surface area contributed by atoms with Crippen molar-refractivity contribution in [1.29, 1.82) is 0 Å². The van der Waals surface area contributed by atoms with Gasteiger partial charge in [0.15, 0.2) is 0 Å². The van der Waals surface area contributed by atoms with Crippen LogP contribution in [0.1, 0.15) is 40.5 Å². The van der Waals surface area contributed by atoms with Gasteiger partial charge >= 0.3 is 0 Å². The maximum atomic E-state index is 12.8. The molecule has 1 amide bonds. The monoisotopic (exact) mass is 320 g/mol. The number of aromatic nitrogens is 3. The highest BCUT2D eigenvalue weighted by atomic mass is 16.2. The minimum absolute atomic E-state index is 0.00204. The summed E-state index contributed by atoms with van der Waals surface area (Å²) in [4.78, 5) is 18.9. The lowest BCUT2D eigenvalue weighted by atomic mass is 10.1. The van der Waals surface area contributed by atoms with Gasteiger partial charge in [-0.25, -0.2) is 0 Å². The Bertz CT molecular complexity index is 905. The molecule has 0 radical (unpaired) electrons. The van der Waals surface area contributed by atoms with E-state index in [4.69, 9.17) is 0 Å². The first-order valence-electron chi connectivity index (χ1n) is 8.25. The third-order valence-corrected chi connectivity index (χ3v) is 4.60. The number of nitrogens with zero attached hydrogens (tertiary/aromatic N) is 4. The van der Waals surface area contributed by atoms with E-state index >= 15 is 0 Å². The van der Waals surface area contributed by atoms with Gasteiger partial charge in [0.1, 0.15) is 5.69 Å². The van der Waals surface area contributed by atoms with Crippen molar-refractivity contribution in [3.8, 4) is 0 Å². The summed E-state index contributed by atoms with van der Waals surface area (Å²) in [5.74, 6) is 0.546. The molecule has 0 saturated heterocycles. The fourth-order valence-corrected chi connectivity index (χ4v) is 3.10. The fourth-order valence-electron chi connectivity index (χ4n) is 3.10. The number of carbonyl (C=O) groups excluding carboxylic acids is 1. The van der Waals surface area contributed by atoms with Crippen molar-refractivity contribution >= 4 is 16.8 Å². The molecule has 3 aromatic rings. The SMILES string of the molecule is CN(Cc1cccc2ncccc12)C(=O)c1cc(C2CC2)nn1C. The molecule has 4 rings (SSSR count). The Balaban J connectivity index is 1.59. The molecule has 5 heteroatoms. The maximum absolute atomic E-state index is 12.8. The maximum Gasteiger partial charge on any atom is 0.272 e. The third-order valence-electron chi connectivity index (χ3n) is 4.60. The molecule has 0 unspecified atom stereocenters. The van der Waals surface area contributed by atoms with Gasteiger partial charge in [-0.2, -0.15) is 5.10 Å². The normalized spacial score (nSPS) is 14.1. The first kappa shape index (κ1) is 14.9. The van der Waals surface area contributed by atoms with Crippen molar-refractivity contribution in [2.24, 2.45) is 7.05 Å². The van der Waals surface area contributed by atoms with Gasteiger partial charge in [0, 0.05) is 38.1 Å². The van der Waals surface area contributed by atoms with E-state index in [0.717, 1.165) is 22.2 Å². The highest BCUT2D eigenvalue weighted by Crippen LogP contribution is 2.39. The highest BCUT2D eigenvalue weighted by molar-refractivity contribution is 5.93. The van der Waals surface area contributed by atoms with Crippen LogP contribution < -0.4 is 0 Å². The Labute approximate surface area is 140 Å². The average molecular weight is 320 g/mol. The van der Waals surface area contributed by atoms with Gasteiger partial charge in [-0.15, -0.1) is 0 Å². The van der Waals surface area contributed by atoms with E-state index in [1.807, 2.05) is 50.5 Å². The molecule has 1 saturated carbocycles. The minimum Gasteiger partial charge on any atom is -0.336 e. The number of carbonyl (C=O) groups is 1. The number of hydrogen-bond donors (Lipinski definition) is 0. The first-order valence-corrected chi connectivity index (χ1v) is 8.25. The van der Waals surface area contributed by atoms with Crippen molar-refractivity contribution < 1.29 is 4.79 Å². The van der Waals surface area contributed by atoms with Crippen LogP contribution in [0.2, 0.25) is 0 Å². The van der Waals surface area contributed by atoms with Crippen LogP contribution in [-0.2, 0) is 13.6 Å². The molecule has 0 atom stereocenters. The van der Waals surface area contributed by atoms with Gasteiger partial charge in [0.05, 0.1) is 11.2 Å². The van der Waals surface area contributed by atoms with Crippen LogP contribution in [0.5, 0.6) is 0 Å². The highest BCUT2D eigenvalue weighted by Gasteiger charge is 2.28. The summed E-state index contributed by atoms with van der Waals surface area (Å²) in [6.45, 7) is 0.547. The Kier molecular flexibility index (Phi) is 3.56. The third kappa shape index (κ3) is 2.66. The second-order valence-corrected chi connectivity index (χ2v) is 6.50. The zero-order valence-electron chi connectivity index (χ0n) is 13.9. The summed E-state index contributed by atoms with van der Waals surface area (Å²) in [6, 6.07) is 11.9. The number of hydrogen-bond acceptors (Lipinski definition) is 3. The van der Waals surface area contributed by atoms with Crippen molar-refractivity contribution in [3.05, 3.63) is 59.5 Å². The number of rotatable bonds is 4. The molecular weight excluding hydrogens is 300 g/mol. The Morgan fingerprint density at radius 2 is 2.12 bits per heavy atom. The predicted molar refractivity (Wildman–Crippen MR) is 92.7 cm³/mol. The van der Waals surface area contributed by atoms with Crippen LogP contribution >= 0.6 is 0 Å². The summed E-state index contributed by atoms with van der Waals surface area (Å²) in [7, 11) is 3.68. The van der Waals surface area contributed by atoms with Gasteiger partial charge < -0.3 is 4.90 Å². The number of amides is 1. The molecule has 1 aliphatic carbocycles. The van der Waals surface area contributed by atoms with E-state index in [-0.39, 0.29) is 5.91 Å². The number of fused-ring (bicyclic) bond motifs is 1. The molecule has 1 fully saturated rings. The van der Waals surface area contributed by atoms with Gasteiger partial charge in [-0.05, 0) is 36.6 Å². The summed E-state index contributed by atoms with van der Waals surface area (Å²) in [6.07, 6.45) is 4.16. The first-order chi connectivity index (χ1) is 11.6. The summed E-state index contributed by atoms with van der Waals surface area (Å²) in [5.41, 5.74) is 3.75. The standard InChI is InChI=1S/C19H20N4O/c1-22(12-14-5-3-7-16-15(14)6-4-10-20-16)19(24)18-11-17(13-8-9-13)21-23(18)2/h3-7,10-11,13H,8-9,12H2,1-2H3. The molecule has 1 aliphatic rings. The van der Waals surface area contributed by atoms with E-state index < -0.39 is 0 Å². The van der Waals surface area contributed by atoms with E-state index in [0.29, 0.717) is 18.2 Å². The van der Waals surface area contributed by atoms with Crippen LogP contribution in [0.15, 0.2) is 42.6 Å². The van der Waals surface area contributed by atoms with Crippen molar-refractivity contribution in [2.45, 2.75) is 25.3 Å². The van der Waals surface area contributed by atoms with Gasteiger partial charge in [0.25, 0.3) is 5.91 Å². The molecule has 0 bridgehead atoms. The molecular formula is C19H20N4O. The molecule has 0 spiro atoms. The second kappa shape index (κ2) is 5.74. The molecule has 122 valence electrons. The zero-order valence-corrected chi connectivity index (χ0v) is 13.9. The van der Waals surface area contributed by atoms with E-state index in [1.54, 1.807) is 15.8 Å². The van der Waals surface area contributed by atoms with E-state index in [1.165, 1.54) is 12.8 Å². The molecule has 2 heterocycles.